The molecule has 1 amide bonds. The molecule has 0 bridgehead atoms. The molecule has 0 saturated carbocycles. The van der Waals surface area contributed by atoms with E-state index in [0.29, 0.717) is 0 Å². The smallest absolute Gasteiger partial charge is 0.410 e. The topological polar surface area (TPSA) is 66.8 Å². The minimum atomic E-state index is -1.06. The number of aliphatic carboxylic acids is 1. The molecule has 5 nitrogen and oxygen atoms in total. The number of hydrogen-bond acceptors (Lipinski definition) is 3. The Morgan fingerprint density at radius 1 is 0.875 bits per heavy atom. The van der Waals surface area contributed by atoms with Gasteiger partial charge in [-0.25, -0.2) is 9.59 Å². The zero-order valence-electron chi connectivity index (χ0n) is 18.3. The van der Waals surface area contributed by atoms with Crippen molar-refractivity contribution in [3.63, 3.8) is 0 Å². The molecule has 1 N–H and O–H groups in total. The molecule has 2 unspecified atom stereocenters. The van der Waals surface area contributed by atoms with Crippen LogP contribution in [0.4, 0.5) is 4.79 Å². The van der Waals surface area contributed by atoms with Gasteiger partial charge in [-0.1, -0.05) is 85.8 Å². The second-order valence-electron chi connectivity index (χ2n) is 8.28. The summed E-state index contributed by atoms with van der Waals surface area (Å²) in [6.45, 7) is 3.92. The zero-order chi connectivity index (χ0) is 22.7. The second-order valence-corrected chi connectivity index (χ2v) is 8.28. The van der Waals surface area contributed by atoms with Crippen molar-refractivity contribution in [2.75, 3.05) is 13.2 Å². The fourth-order valence-corrected chi connectivity index (χ4v) is 4.38. The van der Waals surface area contributed by atoms with Crippen LogP contribution in [0.1, 0.15) is 42.4 Å². The molecule has 0 aliphatic heterocycles. The number of rotatable bonds is 7. The van der Waals surface area contributed by atoms with Crippen LogP contribution in [0, 0.1) is 0 Å². The van der Waals surface area contributed by atoms with Gasteiger partial charge in [-0.2, -0.15) is 0 Å². The fourth-order valence-electron chi connectivity index (χ4n) is 4.38. The van der Waals surface area contributed by atoms with Gasteiger partial charge in [-0.15, -0.1) is 0 Å². The Hall–Kier alpha value is -3.60. The first kappa shape index (κ1) is 21.6. The van der Waals surface area contributed by atoms with Gasteiger partial charge >= 0.3 is 12.1 Å². The van der Waals surface area contributed by atoms with Crippen molar-refractivity contribution in [2.45, 2.75) is 31.7 Å². The van der Waals surface area contributed by atoms with Gasteiger partial charge in [0.1, 0.15) is 12.6 Å². The molecule has 1 aliphatic rings. The van der Waals surface area contributed by atoms with E-state index in [1.165, 1.54) is 11.8 Å². The summed E-state index contributed by atoms with van der Waals surface area (Å²) in [4.78, 5) is 26.1. The minimum Gasteiger partial charge on any atom is -0.480 e. The van der Waals surface area contributed by atoms with Gasteiger partial charge in [0.2, 0.25) is 0 Å². The van der Waals surface area contributed by atoms with Crippen molar-refractivity contribution < 1.29 is 19.4 Å². The monoisotopic (exact) mass is 429 g/mol. The standard InChI is InChI=1S/C27H27NO4/c1-18(20-10-4-3-5-11-20)16-28(19(2)26(29)30)27(31)32-17-25-23-14-8-6-12-21(23)22-13-7-9-15-24(22)25/h3-15,18-19,25H,16-17H2,1-2H3,(H,29,30). The first-order valence-electron chi connectivity index (χ1n) is 10.9. The molecule has 2 atom stereocenters. The normalized spacial score (nSPS) is 14.2. The molecule has 1 aliphatic carbocycles. The maximum atomic E-state index is 13.1. The summed E-state index contributed by atoms with van der Waals surface area (Å²) in [5, 5.41) is 9.58. The van der Waals surface area contributed by atoms with Gasteiger partial charge in [-0.05, 0) is 40.7 Å². The molecule has 32 heavy (non-hydrogen) atoms. The predicted octanol–water partition coefficient (Wildman–Crippen LogP) is 5.51. The van der Waals surface area contributed by atoms with Gasteiger partial charge in [-0.3, -0.25) is 4.90 Å². The van der Waals surface area contributed by atoms with Crippen LogP contribution in [0.25, 0.3) is 11.1 Å². The highest BCUT2D eigenvalue weighted by Gasteiger charge is 2.32. The molecule has 0 radical (unpaired) electrons. The number of carbonyl (C=O) groups excluding carboxylic acids is 1. The lowest BCUT2D eigenvalue weighted by atomic mass is 9.98. The summed E-state index contributed by atoms with van der Waals surface area (Å²) in [7, 11) is 0. The Bertz CT molecular complexity index is 1070. The van der Waals surface area contributed by atoms with Crippen LogP contribution in [0.2, 0.25) is 0 Å². The number of ether oxygens (including phenoxy) is 1. The lowest BCUT2D eigenvalue weighted by molar-refractivity contribution is -0.142. The van der Waals surface area contributed by atoms with Crippen LogP contribution in [-0.4, -0.2) is 41.3 Å². The molecule has 4 rings (SSSR count). The molecule has 0 spiro atoms. The minimum absolute atomic E-state index is 0.0292. The highest BCUT2D eigenvalue weighted by atomic mass is 16.6. The third kappa shape index (κ3) is 4.24. The van der Waals surface area contributed by atoms with Gasteiger partial charge in [0.05, 0.1) is 0 Å². The highest BCUT2D eigenvalue weighted by Crippen LogP contribution is 2.44. The van der Waals surface area contributed by atoms with Crippen LogP contribution in [0.3, 0.4) is 0 Å². The molecule has 3 aromatic carbocycles. The summed E-state index contributed by atoms with van der Waals surface area (Å²) < 4.78 is 5.73. The molecular weight excluding hydrogens is 402 g/mol. The average molecular weight is 430 g/mol. The second kappa shape index (κ2) is 9.27. The largest absolute Gasteiger partial charge is 0.480 e. The summed E-state index contributed by atoms with van der Waals surface area (Å²) in [6, 6.07) is 25.0. The highest BCUT2D eigenvalue weighted by molar-refractivity contribution is 5.81. The molecule has 0 heterocycles. The van der Waals surface area contributed by atoms with E-state index in [2.05, 4.69) is 24.3 Å². The summed E-state index contributed by atoms with van der Waals surface area (Å²) in [6.07, 6.45) is -0.607. The van der Waals surface area contributed by atoms with Crippen molar-refractivity contribution in [2.24, 2.45) is 0 Å². The van der Waals surface area contributed by atoms with E-state index in [1.54, 1.807) is 0 Å². The molecule has 0 aromatic heterocycles. The van der Waals surface area contributed by atoms with E-state index in [-0.39, 0.29) is 25.0 Å². The van der Waals surface area contributed by atoms with Gasteiger partial charge in [0.25, 0.3) is 0 Å². The van der Waals surface area contributed by atoms with E-state index in [1.807, 2.05) is 61.5 Å². The number of hydrogen-bond donors (Lipinski definition) is 1. The summed E-state index contributed by atoms with van der Waals surface area (Å²) in [5.41, 5.74) is 5.59. The number of nitrogens with zero attached hydrogens (tertiary/aromatic N) is 1. The molecule has 5 heteroatoms. The lowest BCUT2D eigenvalue weighted by Crippen LogP contribution is -2.45. The maximum absolute atomic E-state index is 13.1. The van der Waals surface area contributed by atoms with Crippen LogP contribution >= 0.6 is 0 Å². The first-order chi connectivity index (χ1) is 15.5. The van der Waals surface area contributed by atoms with Crippen molar-refractivity contribution in [3.05, 3.63) is 95.6 Å². The number of carboxylic acids is 1. The van der Waals surface area contributed by atoms with E-state index in [9.17, 15) is 14.7 Å². The Morgan fingerprint density at radius 3 is 1.97 bits per heavy atom. The zero-order valence-corrected chi connectivity index (χ0v) is 18.3. The van der Waals surface area contributed by atoms with Crippen LogP contribution in [0.15, 0.2) is 78.9 Å². The van der Waals surface area contributed by atoms with E-state index in [4.69, 9.17) is 4.74 Å². The maximum Gasteiger partial charge on any atom is 0.410 e. The fraction of sp³-hybridized carbons (Fsp3) is 0.259. The van der Waals surface area contributed by atoms with Crippen LogP contribution < -0.4 is 0 Å². The SMILES string of the molecule is CC(CN(C(=O)OCC1c2ccccc2-c2ccccc21)C(C)C(=O)O)c1ccccc1. The molecular formula is C27H27NO4. The molecule has 0 saturated heterocycles. The van der Waals surface area contributed by atoms with Crippen molar-refractivity contribution in [1.29, 1.82) is 0 Å². The van der Waals surface area contributed by atoms with Gasteiger partial charge in [0.15, 0.2) is 0 Å². The van der Waals surface area contributed by atoms with E-state index >= 15 is 0 Å². The number of carbonyl (C=O) groups is 2. The van der Waals surface area contributed by atoms with Crippen molar-refractivity contribution in [1.82, 2.24) is 4.90 Å². The van der Waals surface area contributed by atoms with Crippen molar-refractivity contribution in [3.8, 4) is 11.1 Å². The molecule has 0 fully saturated rings. The third-order valence-electron chi connectivity index (χ3n) is 6.23. The summed E-state index contributed by atoms with van der Waals surface area (Å²) >= 11 is 0. The predicted molar refractivity (Wildman–Crippen MR) is 124 cm³/mol. The van der Waals surface area contributed by atoms with E-state index < -0.39 is 18.1 Å². The molecule has 3 aromatic rings. The van der Waals surface area contributed by atoms with E-state index in [0.717, 1.165) is 27.8 Å². The third-order valence-corrected chi connectivity index (χ3v) is 6.23. The Kier molecular flexibility index (Phi) is 6.26. The van der Waals surface area contributed by atoms with Gasteiger partial charge in [0, 0.05) is 12.5 Å². The lowest BCUT2D eigenvalue weighted by Gasteiger charge is -2.29. The Labute approximate surface area is 188 Å². The number of fused-ring (bicyclic) bond motifs is 3. The number of benzene rings is 3. The Balaban J connectivity index is 1.52. The average Bonchev–Trinajstić information content (AvgIpc) is 3.14. The molecule has 164 valence electrons. The van der Waals surface area contributed by atoms with Crippen molar-refractivity contribution >= 4 is 12.1 Å². The number of amides is 1. The van der Waals surface area contributed by atoms with Crippen LogP contribution in [-0.2, 0) is 9.53 Å². The first-order valence-corrected chi connectivity index (χ1v) is 10.9. The van der Waals surface area contributed by atoms with Crippen LogP contribution in [0.5, 0.6) is 0 Å². The number of carboxylic acid groups (broad SMARTS) is 1. The summed E-state index contributed by atoms with van der Waals surface area (Å²) in [5.74, 6) is -1.16. The quantitative estimate of drug-likeness (QED) is 0.537. The van der Waals surface area contributed by atoms with Gasteiger partial charge < -0.3 is 9.84 Å². The Morgan fingerprint density at radius 2 is 1.41 bits per heavy atom.